The van der Waals surface area contributed by atoms with Crippen LogP contribution in [0.5, 0.6) is 0 Å². The number of halogens is 4. The molecule has 0 saturated carbocycles. The zero-order valence-corrected chi connectivity index (χ0v) is 41.3. The predicted molar refractivity (Wildman–Crippen MR) is 320 cm³/mol. The maximum atomic E-state index is 15.6. The maximum absolute atomic E-state index is 15.6. The SMILES string of the molecule is Fc1ccc(-c2c3c(-c4ccc(F)cc4)c4c5ccc6c7cccc8cccc(c9ccc(c4c(-c4ccc(F)cc4)c3c(-c3ccc(F)cc3)c3c4ccc%10c%11cccc%12cccc(c%13ccc(c23)c4c%13%10)c%12%11)c5c69)c87)cc1. The van der Waals surface area contributed by atoms with Gasteiger partial charge in [0.05, 0.1) is 0 Å². The average molecular weight is 1000 g/mol. The lowest BCUT2D eigenvalue weighted by Gasteiger charge is -2.24. The van der Waals surface area contributed by atoms with Gasteiger partial charge in [0.1, 0.15) is 23.3 Å². The average Bonchev–Trinajstić information content (AvgIpc) is 3.81. The van der Waals surface area contributed by atoms with E-state index < -0.39 is 0 Å². The highest BCUT2D eigenvalue weighted by Gasteiger charge is 2.33. The van der Waals surface area contributed by atoms with Gasteiger partial charge in [0.2, 0.25) is 0 Å². The molecule has 4 heteroatoms. The van der Waals surface area contributed by atoms with Crippen LogP contribution in [0.1, 0.15) is 0 Å². The zero-order chi connectivity index (χ0) is 51.4. The van der Waals surface area contributed by atoms with E-state index in [-0.39, 0.29) is 23.3 Å². The number of rotatable bonds is 4. The van der Waals surface area contributed by atoms with E-state index >= 15 is 17.6 Å². The van der Waals surface area contributed by atoms with Crippen molar-refractivity contribution in [1.82, 2.24) is 0 Å². The summed E-state index contributed by atoms with van der Waals surface area (Å²) in [5, 5.41) is 28.3. The first-order valence-electron chi connectivity index (χ1n) is 26.4. The smallest absolute Gasteiger partial charge is 0.123 e. The van der Waals surface area contributed by atoms with E-state index in [1.54, 1.807) is 0 Å². The molecule has 78 heavy (non-hydrogen) atoms. The molecule has 0 N–H and O–H groups in total. The summed E-state index contributed by atoms with van der Waals surface area (Å²) in [7, 11) is 0. The molecule has 360 valence electrons. The van der Waals surface area contributed by atoms with Crippen molar-refractivity contribution in [2.24, 2.45) is 0 Å². The molecule has 0 aliphatic heterocycles. The molecular formula is C74H36F4. The van der Waals surface area contributed by atoms with Crippen LogP contribution in [-0.2, 0) is 0 Å². The Morgan fingerprint density at radius 1 is 0.154 bits per heavy atom. The zero-order valence-electron chi connectivity index (χ0n) is 41.3. The van der Waals surface area contributed by atoms with E-state index in [2.05, 4.69) is 121 Å². The van der Waals surface area contributed by atoms with Gasteiger partial charge in [-0.2, -0.15) is 0 Å². The molecule has 0 aromatic heterocycles. The van der Waals surface area contributed by atoms with Crippen molar-refractivity contribution in [3.05, 3.63) is 242 Å². The van der Waals surface area contributed by atoms with Gasteiger partial charge < -0.3 is 0 Å². The highest BCUT2D eigenvalue weighted by atomic mass is 19.1. The molecule has 0 spiro atoms. The second-order valence-corrected chi connectivity index (χ2v) is 21.3. The minimum Gasteiger partial charge on any atom is -0.207 e. The molecule has 0 fully saturated rings. The van der Waals surface area contributed by atoms with Gasteiger partial charge in [-0.1, -0.05) is 170 Å². The third-order valence-corrected chi connectivity index (χ3v) is 17.7. The number of hydrogen-bond donors (Lipinski definition) is 0. The first kappa shape index (κ1) is 42.3. The Hall–Kier alpha value is -9.90. The van der Waals surface area contributed by atoms with E-state index in [1.165, 1.54) is 91.6 Å². The molecule has 0 atom stereocenters. The summed E-state index contributed by atoms with van der Waals surface area (Å²) in [4.78, 5) is 0. The third-order valence-electron chi connectivity index (χ3n) is 17.7. The predicted octanol–water partition coefficient (Wildman–Crippen LogP) is 21.7. The quantitative estimate of drug-likeness (QED) is 0.0936. The van der Waals surface area contributed by atoms with Crippen molar-refractivity contribution in [2.75, 3.05) is 0 Å². The van der Waals surface area contributed by atoms with E-state index in [0.29, 0.717) is 0 Å². The topological polar surface area (TPSA) is 0 Å². The summed E-state index contributed by atoms with van der Waals surface area (Å²) in [6.07, 6.45) is 0. The standard InChI is InChI=1S/C74H36F4/c75-43-21-13-39(14-22-43)61-69-55-33-29-51-47-9-1-5-37-6-2-10-48(59(37)47)52-30-34-56(67(55)65(51)52)70(69)62(40-15-23-44(76)24-16-40)74-64(42-19-27-46(78)28-20-42)72-58-36-32-54-50-12-4-8-38-7-3-11-49(60(38)50)53-31-35-57(68(58)66(53)54)71(72)63(73(61)74)41-17-25-45(77)26-18-41/h1-36H. The van der Waals surface area contributed by atoms with E-state index in [0.717, 1.165) is 141 Å². The lowest BCUT2D eigenvalue weighted by atomic mass is 9.78. The lowest BCUT2D eigenvalue weighted by Crippen LogP contribution is -1.97. The van der Waals surface area contributed by atoms with Crippen molar-refractivity contribution in [3.63, 3.8) is 0 Å². The third kappa shape index (κ3) is 5.29. The highest BCUT2D eigenvalue weighted by molar-refractivity contribution is 6.51. The molecule has 0 saturated heterocycles. The fourth-order valence-corrected chi connectivity index (χ4v) is 14.8. The highest BCUT2D eigenvalue weighted by Crippen LogP contribution is 2.61. The number of benzene rings is 16. The molecule has 18 rings (SSSR count). The summed E-state index contributed by atoms with van der Waals surface area (Å²) in [5.41, 5.74) is 6.71. The van der Waals surface area contributed by atoms with Crippen LogP contribution in [-0.4, -0.2) is 0 Å². The first-order valence-corrected chi connectivity index (χ1v) is 26.4. The van der Waals surface area contributed by atoms with Gasteiger partial charge in [-0.3, -0.25) is 0 Å². The molecule has 18 aromatic rings. The Kier molecular flexibility index (Phi) is 8.11. The lowest BCUT2D eigenvalue weighted by molar-refractivity contribution is 0.627. The molecule has 18 aromatic carbocycles. The largest absolute Gasteiger partial charge is 0.207 e. The fourth-order valence-electron chi connectivity index (χ4n) is 14.8. The van der Waals surface area contributed by atoms with E-state index in [9.17, 15) is 0 Å². The normalized spacial score (nSPS) is 12.6. The summed E-state index contributed by atoms with van der Waals surface area (Å²) >= 11 is 0. The Balaban J connectivity index is 1.19. The van der Waals surface area contributed by atoms with Crippen LogP contribution in [0.3, 0.4) is 0 Å². The summed E-state index contributed by atoms with van der Waals surface area (Å²) in [5.74, 6) is -1.46. The van der Waals surface area contributed by atoms with Crippen LogP contribution in [0.25, 0.3) is 185 Å². The number of hydrogen-bond acceptors (Lipinski definition) is 0. The Bertz CT molecular complexity index is 4930. The molecule has 0 unspecified atom stereocenters. The van der Waals surface area contributed by atoms with Crippen molar-refractivity contribution < 1.29 is 17.6 Å². The van der Waals surface area contributed by atoms with Crippen LogP contribution < -0.4 is 0 Å². The molecule has 0 aliphatic carbocycles. The Morgan fingerprint density at radius 2 is 0.359 bits per heavy atom. The summed E-state index contributed by atoms with van der Waals surface area (Å²) in [6, 6.07) is 71.5. The van der Waals surface area contributed by atoms with Crippen molar-refractivity contribution in [3.8, 4) is 44.5 Å². The minimum absolute atomic E-state index is 0.364. The van der Waals surface area contributed by atoms with Gasteiger partial charge in [-0.25, -0.2) is 17.6 Å². The van der Waals surface area contributed by atoms with Crippen LogP contribution >= 0.6 is 0 Å². The second kappa shape index (κ2) is 14.9. The Labute approximate surface area is 441 Å². The van der Waals surface area contributed by atoms with E-state index in [1.807, 2.05) is 48.5 Å². The second-order valence-electron chi connectivity index (χ2n) is 21.3. The van der Waals surface area contributed by atoms with Crippen LogP contribution in [0.4, 0.5) is 17.6 Å². The number of fused-ring (bicyclic) bond motifs is 11. The van der Waals surface area contributed by atoms with Gasteiger partial charge in [0.25, 0.3) is 0 Å². The van der Waals surface area contributed by atoms with Crippen molar-refractivity contribution in [1.29, 1.82) is 0 Å². The van der Waals surface area contributed by atoms with Gasteiger partial charge in [0.15, 0.2) is 0 Å². The van der Waals surface area contributed by atoms with Gasteiger partial charge >= 0.3 is 0 Å². The van der Waals surface area contributed by atoms with Gasteiger partial charge in [-0.15, -0.1) is 0 Å². The Morgan fingerprint density at radius 3 is 0.603 bits per heavy atom. The van der Waals surface area contributed by atoms with Crippen molar-refractivity contribution >= 4 is 140 Å². The van der Waals surface area contributed by atoms with E-state index in [4.69, 9.17) is 0 Å². The molecule has 0 aliphatic rings. The monoisotopic (exact) mass is 1000 g/mol. The van der Waals surface area contributed by atoms with Crippen molar-refractivity contribution in [2.45, 2.75) is 0 Å². The maximum Gasteiger partial charge on any atom is 0.123 e. The summed E-state index contributed by atoms with van der Waals surface area (Å²) in [6.45, 7) is 0. The molecule has 0 bridgehead atoms. The van der Waals surface area contributed by atoms with Crippen LogP contribution in [0.15, 0.2) is 218 Å². The van der Waals surface area contributed by atoms with Crippen LogP contribution in [0, 0.1) is 23.3 Å². The van der Waals surface area contributed by atoms with Gasteiger partial charge in [-0.05, 0) is 233 Å². The van der Waals surface area contributed by atoms with Crippen LogP contribution in [0.2, 0.25) is 0 Å². The molecule has 0 amide bonds. The molecule has 0 nitrogen and oxygen atoms in total. The fraction of sp³-hybridized carbons (Fsp3) is 0. The minimum atomic E-state index is -0.364. The molecule has 0 heterocycles. The van der Waals surface area contributed by atoms with Gasteiger partial charge in [0, 0.05) is 0 Å². The molecular weight excluding hydrogens is 965 g/mol. The summed E-state index contributed by atoms with van der Waals surface area (Å²) < 4.78 is 62.3. The molecule has 0 radical (unpaired) electrons. The first-order chi connectivity index (χ1) is 38.4.